The van der Waals surface area contributed by atoms with Gasteiger partial charge < -0.3 is 19.7 Å². The SMILES string of the molecule is CCn1nc(C(=O)N2CCCC2)c2c1CCC(NCc1ccc3c(c1)OCO3)C2. The number of fused-ring (bicyclic) bond motifs is 2. The monoisotopic (exact) mass is 396 g/mol. The van der Waals surface area contributed by atoms with Crippen molar-refractivity contribution < 1.29 is 14.3 Å². The maximum atomic E-state index is 13.0. The third-order valence-corrected chi connectivity index (χ3v) is 6.27. The molecule has 1 aromatic heterocycles. The summed E-state index contributed by atoms with van der Waals surface area (Å²) in [6.07, 6.45) is 5.07. The van der Waals surface area contributed by atoms with Gasteiger partial charge in [-0.1, -0.05) is 6.07 Å². The largest absolute Gasteiger partial charge is 0.454 e. The number of hydrogen-bond donors (Lipinski definition) is 1. The van der Waals surface area contributed by atoms with E-state index in [1.165, 1.54) is 11.3 Å². The lowest BCUT2D eigenvalue weighted by Crippen LogP contribution is -2.35. The molecule has 3 aliphatic rings. The molecule has 5 rings (SSSR count). The Balaban J connectivity index is 1.30. The molecule has 1 saturated heterocycles. The zero-order valence-electron chi connectivity index (χ0n) is 16.9. The summed E-state index contributed by atoms with van der Waals surface area (Å²) in [5.41, 5.74) is 4.25. The molecule has 3 heterocycles. The van der Waals surface area contributed by atoms with E-state index in [-0.39, 0.29) is 5.91 Å². The number of nitrogens with zero attached hydrogens (tertiary/aromatic N) is 3. The molecule has 7 heteroatoms. The number of benzene rings is 1. The van der Waals surface area contributed by atoms with Crippen LogP contribution in [0.15, 0.2) is 18.2 Å². The minimum absolute atomic E-state index is 0.113. The molecule has 1 aliphatic carbocycles. The molecule has 154 valence electrons. The summed E-state index contributed by atoms with van der Waals surface area (Å²) >= 11 is 0. The molecule has 1 atom stereocenters. The Labute approximate surface area is 171 Å². The lowest BCUT2D eigenvalue weighted by Gasteiger charge is -2.25. The van der Waals surface area contributed by atoms with Gasteiger partial charge in [-0.25, -0.2) is 0 Å². The molecule has 7 nitrogen and oxygen atoms in total. The number of rotatable bonds is 5. The van der Waals surface area contributed by atoms with Crippen LogP contribution in [0.1, 0.15) is 53.5 Å². The van der Waals surface area contributed by atoms with Crippen molar-refractivity contribution in [3.8, 4) is 11.5 Å². The second-order valence-corrected chi connectivity index (χ2v) is 8.10. The van der Waals surface area contributed by atoms with Gasteiger partial charge in [-0.3, -0.25) is 9.48 Å². The molecule has 1 N–H and O–H groups in total. The molecule has 2 aliphatic heterocycles. The van der Waals surface area contributed by atoms with Crippen LogP contribution < -0.4 is 14.8 Å². The van der Waals surface area contributed by atoms with Gasteiger partial charge in [0.1, 0.15) is 0 Å². The number of aryl methyl sites for hydroxylation is 1. The first-order valence-corrected chi connectivity index (χ1v) is 10.7. The fraction of sp³-hybridized carbons (Fsp3) is 0.545. The number of aromatic nitrogens is 2. The van der Waals surface area contributed by atoms with Crippen LogP contribution >= 0.6 is 0 Å². The number of carbonyl (C=O) groups is 1. The summed E-state index contributed by atoms with van der Waals surface area (Å²) in [5.74, 6) is 1.74. The first-order valence-electron chi connectivity index (χ1n) is 10.7. The summed E-state index contributed by atoms with van der Waals surface area (Å²) in [4.78, 5) is 15.0. The number of ether oxygens (including phenoxy) is 2. The van der Waals surface area contributed by atoms with Crippen LogP contribution in [-0.4, -0.2) is 46.5 Å². The first kappa shape index (κ1) is 18.5. The Morgan fingerprint density at radius 1 is 1.24 bits per heavy atom. The molecule has 0 bridgehead atoms. The van der Waals surface area contributed by atoms with Gasteiger partial charge in [0.25, 0.3) is 5.91 Å². The maximum Gasteiger partial charge on any atom is 0.274 e. The highest BCUT2D eigenvalue weighted by molar-refractivity contribution is 5.94. The first-order chi connectivity index (χ1) is 14.2. The van der Waals surface area contributed by atoms with E-state index >= 15 is 0 Å². The number of carbonyl (C=O) groups excluding carboxylic acids is 1. The number of amides is 1. The van der Waals surface area contributed by atoms with Crippen molar-refractivity contribution >= 4 is 5.91 Å². The highest BCUT2D eigenvalue weighted by Gasteiger charge is 2.31. The quantitative estimate of drug-likeness (QED) is 0.841. The predicted octanol–water partition coefficient (Wildman–Crippen LogP) is 2.51. The van der Waals surface area contributed by atoms with E-state index in [1.807, 2.05) is 21.7 Å². The highest BCUT2D eigenvalue weighted by atomic mass is 16.7. The van der Waals surface area contributed by atoms with Gasteiger partial charge in [-0.15, -0.1) is 0 Å². The summed E-state index contributed by atoms with van der Waals surface area (Å²) in [6.45, 7) is 5.70. The molecule has 0 radical (unpaired) electrons. The Morgan fingerprint density at radius 3 is 2.90 bits per heavy atom. The normalized spacial score (nSPS) is 20.2. The fourth-order valence-corrected chi connectivity index (χ4v) is 4.68. The Morgan fingerprint density at radius 2 is 2.07 bits per heavy atom. The Bertz CT molecular complexity index is 917. The Kier molecular flexibility index (Phi) is 4.91. The molecular formula is C22H28N4O3. The van der Waals surface area contributed by atoms with Gasteiger partial charge in [0.15, 0.2) is 17.2 Å². The van der Waals surface area contributed by atoms with Gasteiger partial charge >= 0.3 is 0 Å². The van der Waals surface area contributed by atoms with Gasteiger partial charge in [0.2, 0.25) is 6.79 Å². The fourth-order valence-electron chi connectivity index (χ4n) is 4.68. The van der Waals surface area contributed by atoms with Crippen LogP contribution in [0.2, 0.25) is 0 Å². The zero-order chi connectivity index (χ0) is 19.8. The summed E-state index contributed by atoms with van der Waals surface area (Å²) in [7, 11) is 0. The van der Waals surface area contributed by atoms with Crippen molar-refractivity contribution in [2.75, 3.05) is 19.9 Å². The number of nitrogens with one attached hydrogen (secondary N) is 1. The number of likely N-dealkylation sites (tertiary alicyclic amines) is 1. The average Bonchev–Trinajstić information content (AvgIpc) is 3.50. The van der Waals surface area contributed by atoms with Crippen molar-refractivity contribution in [2.24, 2.45) is 0 Å². The van der Waals surface area contributed by atoms with Crippen LogP contribution in [0.4, 0.5) is 0 Å². The van der Waals surface area contributed by atoms with E-state index in [4.69, 9.17) is 14.6 Å². The topological polar surface area (TPSA) is 68.6 Å². The van der Waals surface area contributed by atoms with Crippen molar-refractivity contribution in [1.29, 1.82) is 0 Å². The molecule has 2 aromatic rings. The third kappa shape index (κ3) is 3.48. The van der Waals surface area contributed by atoms with Crippen LogP contribution in [0.5, 0.6) is 11.5 Å². The molecule has 1 aromatic carbocycles. The van der Waals surface area contributed by atoms with E-state index < -0.39 is 0 Å². The lowest BCUT2D eigenvalue weighted by molar-refractivity contribution is 0.0785. The molecule has 1 amide bonds. The second kappa shape index (κ2) is 7.71. The maximum absolute atomic E-state index is 13.0. The van der Waals surface area contributed by atoms with E-state index in [9.17, 15) is 4.79 Å². The second-order valence-electron chi connectivity index (χ2n) is 8.10. The molecule has 0 spiro atoms. The molecule has 29 heavy (non-hydrogen) atoms. The molecule has 1 fully saturated rings. The third-order valence-electron chi connectivity index (χ3n) is 6.27. The summed E-state index contributed by atoms with van der Waals surface area (Å²) in [6, 6.07) is 6.43. The van der Waals surface area contributed by atoms with Crippen molar-refractivity contribution in [1.82, 2.24) is 20.0 Å². The van der Waals surface area contributed by atoms with Gasteiger partial charge in [-0.2, -0.15) is 5.10 Å². The van der Waals surface area contributed by atoms with Crippen molar-refractivity contribution in [3.63, 3.8) is 0 Å². The average molecular weight is 396 g/mol. The predicted molar refractivity (Wildman–Crippen MR) is 108 cm³/mol. The van der Waals surface area contributed by atoms with Gasteiger partial charge in [0, 0.05) is 43.5 Å². The molecule has 0 saturated carbocycles. The number of hydrogen-bond acceptors (Lipinski definition) is 5. The minimum atomic E-state index is 0.113. The highest BCUT2D eigenvalue weighted by Crippen LogP contribution is 2.33. The smallest absolute Gasteiger partial charge is 0.274 e. The Hall–Kier alpha value is -2.54. The molecule has 1 unspecified atom stereocenters. The summed E-state index contributed by atoms with van der Waals surface area (Å²) in [5, 5.41) is 8.39. The molecular weight excluding hydrogens is 368 g/mol. The van der Waals surface area contributed by atoms with E-state index in [1.54, 1.807) is 0 Å². The lowest BCUT2D eigenvalue weighted by atomic mass is 9.91. The van der Waals surface area contributed by atoms with Crippen LogP contribution in [0, 0.1) is 0 Å². The van der Waals surface area contributed by atoms with Crippen LogP contribution in [0.3, 0.4) is 0 Å². The van der Waals surface area contributed by atoms with E-state index in [0.717, 1.165) is 75.3 Å². The van der Waals surface area contributed by atoms with E-state index in [0.29, 0.717) is 18.5 Å². The van der Waals surface area contributed by atoms with E-state index in [2.05, 4.69) is 18.3 Å². The van der Waals surface area contributed by atoms with Gasteiger partial charge in [0.05, 0.1) is 0 Å². The van der Waals surface area contributed by atoms with Crippen molar-refractivity contribution in [2.45, 2.75) is 58.2 Å². The van der Waals surface area contributed by atoms with Crippen molar-refractivity contribution in [3.05, 3.63) is 40.7 Å². The minimum Gasteiger partial charge on any atom is -0.454 e. The van der Waals surface area contributed by atoms with Crippen LogP contribution in [-0.2, 0) is 25.9 Å². The standard InChI is InChI=1S/C22H28N4O3/c1-2-26-18-7-6-16(23-13-15-5-8-19-20(11-15)29-14-28-19)12-17(18)21(24-26)22(27)25-9-3-4-10-25/h5,8,11,16,23H,2-4,6-7,9-10,12-14H2,1H3. The van der Waals surface area contributed by atoms with Gasteiger partial charge in [-0.05, 0) is 56.7 Å². The summed E-state index contributed by atoms with van der Waals surface area (Å²) < 4.78 is 12.9. The zero-order valence-corrected chi connectivity index (χ0v) is 16.9. The van der Waals surface area contributed by atoms with Crippen LogP contribution in [0.25, 0.3) is 0 Å².